The smallest absolute Gasteiger partial charge is 0.191 e. The number of aliphatic imine (C=N–C) groups is 1. The zero-order valence-corrected chi connectivity index (χ0v) is 14.8. The van der Waals surface area contributed by atoms with Crippen molar-refractivity contribution in [3.63, 3.8) is 0 Å². The van der Waals surface area contributed by atoms with Gasteiger partial charge in [0.15, 0.2) is 5.96 Å². The maximum absolute atomic E-state index is 4.61. The summed E-state index contributed by atoms with van der Waals surface area (Å²) < 4.78 is 2.07. The Balaban J connectivity index is 1.70. The van der Waals surface area contributed by atoms with Gasteiger partial charge in [0, 0.05) is 56.1 Å². The van der Waals surface area contributed by atoms with E-state index in [9.17, 15) is 0 Å². The van der Waals surface area contributed by atoms with E-state index in [1.54, 1.807) is 17.5 Å². The van der Waals surface area contributed by atoms with Crippen LogP contribution in [0.2, 0.25) is 0 Å². The summed E-state index contributed by atoms with van der Waals surface area (Å²) in [6.45, 7) is 7.70. The minimum atomic E-state index is 0.796. The number of aromatic nitrogens is 3. The van der Waals surface area contributed by atoms with E-state index in [1.165, 1.54) is 9.88 Å². The van der Waals surface area contributed by atoms with Gasteiger partial charge in [-0.25, -0.2) is 9.97 Å². The average molecular weight is 334 g/mol. The maximum Gasteiger partial charge on any atom is 0.191 e. The fourth-order valence-electron chi connectivity index (χ4n) is 2.12. The Morgan fingerprint density at radius 1 is 1.35 bits per heavy atom. The van der Waals surface area contributed by atoms with E-state index in [0.717, 1.165) is 51.4 Å². The second-order valence-electron chi connectivity index (χ2n) is 5.17. The van der Waals surface area contributed by atoms with Crippen LogP contribution in [0.5, 0.6) is 0 Å². The fraction of sp³-hybridized carbons (Fsp3) is 0.562. The lowest BCUT2D eigenvalue weighted by Gasteiger charge is -2.10. The molecule has 0 bridgehead atoms. The first kappa shape index (κ1) is 17.5. The van der Waals surface area contributed by atoms with Crippen LogP contribution in [0.15, 0.2) is 29.9 Å². The number of rotatable bonds is 9. The van der Waals surface area contributed by atoms with E-state index in [4.69, 9.17) is 0 Å². The van der Waals surface area contributed by atoms with Gasteiger partial charge in [-0.1, -0.05) is 6.92 Å². The maximum atomic E-state index is 4.61. The van der Waals surface area contributed by atoms with E-state index in [2.05, 4.69) is 44.0 Å². The third kappa shape index (κ3) is 6.40. The quantitative estimate of drug-likeness (QED) is 0.419. The highest BCUT2D eigenvalue weighted by Gasteiger charge is 2.02. The number of hydrogen-bond acceptors (Lipinski definition) is 4. The minimum Gasteiger partial charge on any atom is -0.357 e. The highest BCUT2D eigenvalue weighted by molar-refractivity contribution is 7.11. The van der Waals surface area contributed by atoms with Crippen molar-refractivity contribution in [3.8, 4) is 0 Å². The van der Waals surface area contributed by atoms with Crippen molar-refractivity contribution in [2.45, 2.75) is 39.7 Å². The predicted octanol–water partition coefficient (Wildman–Crippen LogP) is 2.09. The molecular formula is C16H26N6S. The molecule has 0 radical (unpaired) electrons. The number of hydrogen-bond donors (Lipinski definition) is 2. The van der Waals surface area contributed by atoms with Crippen LogP contribution >= 0.6 is 11.3 Å². The number of imidazole rings is 1. The van der Waals surface area contributed by atoms with Crippen LogP contribution in [0, 0.1) is 0 Å². The lowest BCUT2D eigenvalue weighted by Crippen LogP contribution is -2.38. The molecule has 2 rings (SSSR count). The van der Waals surface area contributed by atoms with Gasteiger partial charge in [0.05, 0.1) is 11.3 Å². The minimum absolute atomic E-state index is 0.796. The van der Waals surface area contributed by atoms with Gasteiger partial charge in [-0.2, -0.15) is 0 Å². The molecule has 23 heavy (non-hydrogen) atoms. The monoisotopic (exact) mass is 334 g/mol. The summed E-state index contributed by atoms with van der Waals surface area (Å²) in [6.07, 6.45) is 10.6. The van der Waals surface area contributed by atoms with Gasteiger partial charge in [0.25, 0.3) is 0 Å². The zero-order chi connectivity index (χ0) is 16.3. The molecular weight excluding hydrogens is 308 g/mol. The van der Waals surface area contributed by atoms with Crippen molar-refractivity contribution in [1.29, 1.82) is 0 Å². The van der Waals surface area contributed by atoms with Crippen LogP contribution in [0.1, 0.15) is 30.2 Å². The Morgan fingerprint density at radius 2 is 2.26 bits per heavy atom. The van der Waals surface area contributed by atoms with Gasteiger partial charge < -0.3 is 15.2 Å². The molecule has 126 valence electrons. The third-order valence-electron chi connectivity index (χ3n) is 3.33. The SMILES string of the molecule is CCNC(=NCCCn1ccnc1)NCCc1ncc(CC)s1. The standard InChI is InChI=1S/C16H26N6S/c1-3-14-12-21-15(23-14)6-8-20-16(18-4-2)19-7-5-10-22-11-9-17-13-22/h9,11-13H,3-8,10H2,1-2H3,(H2,18,19,20). The molecule has 2 aromatic heterocycles. The summed E-state index contributed by atoms with van der Waals surface area (Å²) in [7, 11) is 0. The van der Waals surface area contributed by atoms with E-state index in [-0.39, 0.29) is 0 Å². The second kappa shape index (κ2) is 9.99. The zero-order valence-electron chi connectivity index (χ0n) is 14.0. The van der Waals surface area contributed by atoms with E-state index >= 15 is 0 Å². The molecule has 0 atom stereocenters. The lowest BCUT2D eigenvalue weighted by atomic mass is 10.4. The summed E-state index contributed by atoms with van der Waals surface area (Å²) in [5, 5.41) is 7.84. The normalized spacial score (nSPS) is 11.7. The average Bonchev–Trinajstić information content (AvgIpc) is 3.23. The molecule has 0 saturated heterocycles. The van der Waals surface area contributed by atoms with Crippen LogP contribution < -0.4 is 10.6 Å². The van der Waals surface area contributed by atoms with Gasteiger partial charge in [0.1, 0.15) is 0 Å². The van der Waals surface area contributed by atoms with Crippen molar-refractivity contribution in [3.05, 3.63) is 34.8 Å². The van der Waals surface area contributed by atoms with Crippen LogP contribution in [0.4, 0.5) is 0 Å². The van der Waals surface area contributed by atoms with Crippen molar-refractivity contribution >= 4 is 17.3 Å². The molecule has 2 heterocycles. The molecule has 2 N–H and O–H groups in total. The topological polar surface area (TPSA) is 67.1 Å². The van der Waals surface area contributed by atoms with Gasteiger partial charge in [-0.3, -0.25) is 4.99 Å². The van der Waals surface area contributed by atoms with Crippen LogP contribution in [0.25, 0.3) is 0 Å². The van der Waals surface area contributed by atoms with Crippen molar-refractivity contribution in [2.24, 2.45) is 4.99 Å². The number of guanidine groups is 1. The molecule has 0 aliphatic heterocycles. The van der Waals surface area contributed by atoms with E-state index in [1.807, 2.05) is 18.7 Å². The molecule has 0 spiro atoms. The Hall–Kier alpha value is -1.89. The number of nitrogens with zero attached hydrogens (tertiary/aromatic N) is 4. The van der Waals surface area contributed by atoms with E-state index < -0.39 is 0 Å². The molecule has 0 aromatic carbocycles. The second-order valence-corrected chi connectivity index (χ2v) is 6.37. The molecule has 0 unspecified atom stereocenters. The Bertz CT molecular complexity index is 575. The molecule has 6 nitrogen and oxygen atoms in total. The highest BCUT2D eigenvalue weighted by atomic mass is 32.1. The van der Waals surface area contributed by atoms with E-state index in [0.29, 0.717) is 0 Å². The number of thiazole rings is 1. The summed E-state index contributed by atoms with van der Waals surface area (Å²) in [6, 6.07) is 0. The van der Waals surface area contributed by atoms with Crippen LogP contribution in [0.3, 0.4) is 0 Å². The Labute approximate surface area is 142 Å². The van der Waals surface area contributed by atoms with Crippen molar-refractivity contribution in [2.75, 3.05) is 19.6 Å². The molecule has 0 aliphatic carbocycles. The van der Waals surface area contributed by atoms with Crippen molar-refractivity contribution < 1.29 is 0 Å². The van der Waals surface area contributed by atoms with Gasteiger partial charge in [-0.05, 0) is 19.8 Å². The predicted molar refractivity (Wildman–Crippen MR) is 96.0 cm³/mol. The largest absolute Gasteiger partial charge is 0.357 e. The molecule has 0 saturated carbocycles. The van der Waals surface area contributed by atoms with Gasteiger partial charge in [0.2, 0.25) is 0 Å². The number of aryl methyl sites for hydroxylation is 2. The highest BCUT2D eigenvalue weighted by Crippen LogP contribution is 2.13. The van der Waals surface area contributed by atoms with Crippen LogP contribution in [-0.2, 0) is 19.4 Å². The summed E-state index contributed by atoms with van der Waals surface area (Å²) in [4.78, 5) is 14.4. The Kier molecular flexibility index (Phi) is 7.59. The van der Waals surface area contributed by atoms with Gasteiger partial charge in [-0.15, -0.1) is 11.3 Å². The first-order valence-electron chi connectivity index (χ1n) is 8.23. The van der Waals surface area contributed by atoms with Crippen molar-refractivity contribution in [1.82, 2.24) is 25.2 Å². The fourth-order valence-corrected chi connectivity index (χ4v) is 2.98. The Morgan fingerprint density at radius 3 is 2.96 bits per heavy atom. The molecule has 2 aromatic rings. The molecule has 0 aliphatic rings. The third-order valence-corrected chi connectivity index (χ3v) is 4.53. The summed E-state index contributed by atoms with van der Waals surface area (Å²) >= 11 is 1.80. The lowest BCUT2D eigenvalue weighted by molar-refractivity contribution is 0.647. The first-order chi connectivity index (χ1) is 11.3. The molecule has 0 fully saturated rings. The summed E-state index contributed by atoms with van der Waals surface area (Å²) in [5.74, 6) is 0.880. The van der Waals surface area contributed by atoms with Gasteiger partial charge >= 0.3 is 0 Å². The molecule has 7 heteroatoms. The summed E-state index contributed by atoms with van der Waals surface area (Å²) in [5.41, 5.74) is 0. The first-order valence-corrected chi connectivity index (χ1v) is 9.05. The van der Waals surface area contributed by atoms with Crippen LogP contribution in [-0.4, -0.2) is 40.1 Å². The number of nitrogens with one attached hydrogen (secondary N) is 2. The molecule has 0 amide bonds.